The fraction of sp³-hybridized carbons (Fsp3) is 0.435. The van der Waals surface area contributed by atoms with Crippen molar-refractivity contribution in [1.29, 1.82) is 0 Å². The highest BCUT2D eigenvalue weighted by atomic mass is 32.1. The van der Waals surface area contributed by atoms with Crippen molar-refractivity contribution in [3.8, 4) is 10.4 Å². The van der Waals surface area contributed by atoms with Crippen LogP contribution in [-0.4, -0.2) is 69.3 Å². The highest BCUT2D eigenvalue weighted by Crippen LogP contribution is 2.30. The average molecular weight is 856 g/mol. The molecule has 15 heteroatoms. The lowest BCUT2D eigenvalue weighted by molar-refractivity contribution is -0.144. The zero-order valence-corrected chi connectivity index (χ0v) is 36.4. The second-order valence-corrected chi connectivity index (χ2v) is 17.7. The monoisotopic (exact) mass is 855 g/mol. The Kier molecular flexibility index (Phi) is 16.1. The first kappa shape index (κ1) is 46.4. The maximum Gasteiger partial charge on any atom is 0.255 e. The van der Waals surface area contributed by atoms with Gasteiger partial charge in [0.1, 0.15) is 17.9 Å². The lowest BCUT2D eigenvalue weighted by atomic mass is 9.85. The average Bonchev–Trinajstić information content (AvgIpc) is 3.83. The molecule has 1 aromatic heterocycles. The molecule has 0 aliphatic carbocycles. The molecule has 0 saturated carbocycles. The van der Waals surface area contributed by atoms with Gasteiger partial charge in [-0.1, -0.05) is 70.7 Å². The molecule has 13 nitrogen and oxygen atoms in total. The molecule has 1 aliphatic heterocycles. The topological polar surface area (TPSA) is 196 Å². The number of carbonyl (C=O) groups is 5. The first-order valence-corrected chi connectivity index (χ1v) is 21.7. The second-order valence-electron chi connectivity index (χ2n) is 16.8. The predicted octanol–water partition coefficient (Wildman–Crippen LogP) is 7.52. The Morgan fingerprint density at radius 1 is 0.885 bits per heavy atom. The molecular formula is C46H58FN7O6S. The number of unbranched alkanes of at least 4 members (excludes halogenated alkanes) is 5. The normalized spacial score (nSPS) is 16.1. The molecule has 3 aromatic carbocycles. The van der Waals surface area contributed by atoms with E-state index in [4.69, 9.17) is 5.73 Å². The summed E-state index contributed by atoms with van der Waals surface area (Å²) in [5.41, 5.74) is 11.2. The van der Waals surface area contributed by atoms with Crippen LogP contribution in [0.5, 0.6) is 0 Å². The van der Waals surface area contributed by atoms with Crippen molar-refractivity contribution in [3.05, 3.63) is 94.9 Å². The summed E-state index contributed by atoms with van der Waals surface area (Å²) >= 11 is 1.57. The lowest BCUT2D eigenvalue weighted by Crippen LogP contribution is -2.57. The smallest absolute Gasteiger partial charge is 0.255 e. The van der Waals surface area contributed by atoms with Crippen LogP contribution in [0.3, 0.4) is 0 Å². The summed E-state index contributed by atoms with van der Waals surface area (Å²) in [6.07, 6.45) is 4.62. The number of nitrogens with zero attached hydrogens (tertiary/aromatic N) is 2. The number of hydrogen-bond acceptors (Lipinski definition) is 9. The maximum atomic E-state index is 14.0. The number of anilines is 3. The van der Waals surface area contributed by atoms with Gasteiger partial charge in [0.2, 0.25) is 23.6 Å². The largest absolute Gasteiger partial charge is 0.397 e. The number of nitrogen functional groups attached to an aromatic ring is 1. The molecule has 0 unspecified atom stereocenters. The predicted molar refractivity (Wildman–Crippen MR) is 237 cm³/mol. The third kappa shape index (κ3) is 13.2. The highest BCUT2D eigenvalue weighted by molar-refractivity contribution is 7.13. The Labute approximate surface area is 361 Å². The molecule has 1 fully saturated rings. The summed E-state index contributed by atoms with van der Waals surface area (Å²) in [5, 5.41) is 22.0. The summed E-state index contributed by atoms with van der Waals surface area (Å²) in [6, 6.07) is 16.0. The van der Waals surface area contributed by atoms with Gasteiger partial charge >= 0.3 is 0 Å². The first-order chi connectivity index (χ1) is 29.0. The molecule has 4 atom stereocenters. The molecule has 4 aromatic rings. The van der Waals surface area contributed by atoms with Gasteiger partial charge in [-0.25, -0.2) is 9.37 Å². The zero-order valence-electron chi connectivity index (χ0n) is 35.6. The number of amides is 5. The van der Waals surface area contributed by atoms with Gasteiger partial charge < -0.3 is 37.0 Å². The van der Waals surface area contributed by atoms with E-state index in [1.807, 2.05) is 64.4 Å². The van der Waals surface area contributed by atoms with Crippen molar-refractivity contribution >= 4 is 57.9 Å². The van der Waals surface area contributed by atoms with Crippen LogP contribution in [0.1, 0.15) is 113 Å². The zero-order chi connectivity index (χ0) is 44.3. The van der Waals surface area contributed by atoms with Gasteiger partial charge in [-0.2, -0.15) is 0 Å². The molecule has 1 aliphatic rings. The standard InChI is InChI=1S/C46H58FN7O6S/c1-28(30-14-16-31(17-15-30)41-29(2)49-27-61-41)50-44(59)38-25-35(55)26-54(38)45(60)42(46(3,4)5)53-40(57)13-11-9-7-6-8-10-12-39(56)51-34-21-18-32(19-22-34)43(58)52-37-23-20-33(47)24-36(37)48/h14-24,27-28,35,38,42,55H,6-13,25-26,48H2,1-5H3,(H,50,59)(H,51,56)(H,52,58)(H,53,57)/t28-,35+,38-,42+/m0/s1. The number of rotatable bonds is 18. The van der Waals surface area contributed by atoms with E-state index in [2.05, 4.69) is 26.3 Å². The lowest BCUT2D eigenvalue weighted by Gasteiger charge is -2.35. The van der Waals surface area contributed by atoms with Crippen LogP contribution >= 0.6 is 11.3 Å². The SMILES string of the molecule is Cc1ncsc1-c1ccc([C@H](C)NC(=O)[C@@H]2C[C@@H](O)CN2C(=O)[C@@H](NC(=O)CCCCCCCCC(=O)Nc2ccc(C(=O)Nc3ccc(F)cc3N)cc2)C(C)(C)C)cc1. The minimum atomic E-state index is -0.892. The Morgan fingerprint density at radius 3 is 2.13 bits per heavy atom. The molecule has 0 bridgehead atoms. The molecule has 1 saturated heterocycles. The van der Waals surface area contributed by atoms with E-state index in [1.165, 1.54) is 17.0 Å². The van der Waals surface area contributed by atoms with Crippen LogP contribution in [0.4, 0.5) is 21.5 Å². The van der Waals surface area contributed by atoms with Gasteiger partial charge in [-0.05, 0) is 85.7 Å². The molecule has 2 heterocycles. The van der Waals surface area contributed by atoms with E-state index in [0.717, 1.165) is 53.4 Å². The fourth-order valence-electron chi connectivity index (χ4n) is 7.30. The molecule has 326 valence electrons. The minimum Gasteiger partial charge on any atom is -0.397 e. The molecular weight excluding hydrogens is 798 g/mol. The van der Waals surface area contributed by atoms with Gasteiger partial charge in [0.15, 0.2) is 0 Å². The summed E-state index contributed by atoms with van der Waals surface area (Å²) < 4.78 is 13.3. The number of nitrogens with two attached hydrogens (primary N) is 1. The van der Waals surface area contributed by atoms with Crippen LogP contribution in [0.15, 0.2) is 72.2 Å². The highest BCUT2D eigenvalue weighted by Gasteiger charge is 2.44. The third-order valence-corrected chi connectivity index (χ3v) is 11.8. The number of aromatic nitrogens is 1. The molecule has 5 rings (SSSR count). The van der Waals surface area contributed by atoms with Crippen molar-refractivity contribution < 1.29 is 33.5 Å². The number of aryl methyl sites for hydroxylation is 1. The van der Waals surface area contributed by atoms with Crippen LogP contribution in [0, 0.1) is 18.2 Å². The summed E-state index contributed by atoms with van der Waals surface area (Å²) in [5.74, 6) is -2.05. The number of halogens is 1. The fourth-order valence-corrected chi connectivity index (χ4v) is 8.11. The Hall–Kier alpha value is -5.67. The van der Waals surface area contributed by atoms with Gasteiger partial charge in [-0.3, -0.25) is 24.0 Å². The molecule has 0 spiro atoms. The van der Waals surface area contributed by atoms with Crippen LogP contribution in [-0.2, 0) is 19.2 Å². The first-order valence-electron chi connectivity index (χ1n) is 20.8. The second kappa shape index (κ2) is 21.2. The molecule has 7 N–H and O–H groups in total. The van der Waals surface area contributed by atoms with Crippen molar-refractivity contribution in [2.45, 2.75) is 117 Å². The van der Waals surface area contributed by atoms with Crippen molar-refractivity contribution in [3.63, 3.8) is 0 Å². The van der Waals surface area contributed by atoms with Gasteiger partial charge in [0, 0.05) is 37.1 Å². The van der Waals surface area contributed by atoms with Crippen LogP contribution < -0.4 is 27.0 Å². The summed E-state index contributed by atoms with van der Waals surface area (Å²) in [4.78, 5) is 72.6. The number of benzene rings is 3. The Bertz CT molecular complexity index is 2150. The van der Waals surface area contributed by atoms with Gasteiger partial charge in [-0.15, -0.1) is 11.3 Å². The van der Waals surface area contributed by atoms with E-state index in [9.17, 15) is 33.5 Å². The summed E-state index contributed by atoms with van der Waals surface area (Å²) in [6.45, 7) is 9.44. The molecule has 0 radical (unpaired) electrons. The van der Waals surface area contributed by atoms with E-state index in [1.54, 1.807) is 35.6 Å². The summed E-state index contributed by atoms with van der Waals surface area (Å²) in [7, 11) is 0. The molecule has 61 heavy (non-hydrogen) atoms. The van der Waals surface area contributed by atoms with E-state index >= 15 is 0 Å². The van der Waals surface area contributed by atoms with E-state index < -0.39 is 41.2 Å². The van der Waals surface area contributed by atoms with Crippen molar-refractivity contribution in [2.24, 2.45) is 5.41 Å². The van der Waals surface area contributed by atoms with Crippen LogP contribution in [0.25, 0.3) is 10.4 Å². The van der Waals surface area contributed by atoms with E-state index in [-0.39, 0.29) is 48.8 Å². The minimum absolute atomic E-state index is 0.00310. The van der Waals surface area contributed by atoms with Gasteiger partial charge in [0.05, 0.1) is 39.6 Å². The number of likely N-dealkylation sites (tertiary alicyclic amines) is 1. The number of thiazole rings is 1. The third-order valence-electron chi connectivity index (χ3n) is 10.8. The Balaban J connectivity index is 0.994. The number of nitrogens with one attached hydrogen (secondary N) is 4. The quantitative estimate of drug-likeness (QED) is 0.0437. The maximum absolute atomic E-state index is 14.0. The van der Waals surface area contributed by atoms with E-state index in [0.29, 0.717) is 36.2 Å². The number of aliphatic hydroxyl groups is 1. The molecule has 5 amide bonds. The number of aliphatic hydroxyl groups excluding tert-OH is 1. The van der Waals surface area contributed by atoms with Crippen LogP contribution in [0.2, 0.25) is 0 Å². The van der Waals surface area contributed by atoms with Crippen molar-refractivity contribution in [1.82, 2.24) is 20.5 Å². The number of β-amino-alcohol motifs (C(OH)–C–C–N with tert-alkyl or cyclic N) is 1. The Morgan fingerprint density at radius 2 is 1.52 bits per heavy atom. The number of hydrogen-bond donors (Lipinski definition) is 6. The van der Waals surface area contributed by atoms with Gasteiger partial charge in [0.25, 0.3) is 5.91 Å². The number of carbonyl (C=O) groups excluding carboxylic acids is 5. The van der Waals surface area contributed by atoms with Crippen molar-refractivity contribution in [2.75, 3.05) is 22.9 Å².